The smallest absolute Gasteiger partial charge is 0.189 e. The summed E-state index contributed by atoms with van der Waals surface area (Å²) in [6, 6.07) is 6.06. The lowest BCUT2D eigenvalue weighted by atomic mass is 10.2. The maximum absolute atomic E-state index is 5.37. The maximum Gasteiger partial charge on any atom is 0.189 e. The summed E-state index contributed by atoms with van der Waals surface area (Å²) < 4.78 is 12.7. The van der Waals surface area contributed by atoms with E-state index in [1.165, 1.54) is 0 Å². The molecule has 1 aliphatic heterocycles. The van der Waals surface area contributed by atoms with E-state index in [1.807, 2.05) is 24.5 Å². The fourth-order valence-corrected chi connectivity index (χ4v) is 1.68. The van der Waals surface area contributed by atoms with Crippen molar-refractivity contribution in [3.63, 3.8) is 0 Å². The van der Waals surface area contributed by atoms with E-state index in [4.69, 9.17) is 9.47 Å². The Kier molecular flexibility index (Phi) is 1.34. The van der Waals surface area contributed by atoms with Gasteiger partial charge < -0.3 is 13.9 Å². The van der Waals surface area contributed by atoms with Gasteiger partial charge in [-0.3, -0.25) is 0 Å². The molecule has 0 spiro atoms. The molecule has 0 atom stereocenters. The van der Waals surface area contributed by atoms with Gasteiger partial charge in [-0.1, -0.05) is 0 Å². The van der Waals surface area contributed by atoms with Crippen LogP contribution in [0.5, 0.6) is 5.75 Å². The molecule has 13 heavy (non-hydrogen) atoms. The summed E-state index contributed by atoms with van der Waals surface area (Å²) >= 11 is 0. The Bertz CT molecular complexity index is 447. The first-order chi connectivity index (χ1) is 6.45. The molecule has 0 saturated heterocycles. The van der Waals surface area contributed by atoms with Gasteiger partial charge in [0, 0.05) is 18.0 Å². The summed E-state index contributed by atoms with van der Waals surface area (Å²) in [6.07, 6.45) is 4.02. The van der Waals surface area contributed by atoms with Crippen molar-refractivity contribution < 1.29 is 9.47 Å². The highest BCUT2D eigenvalue weighted by Gasteiger charge is 2.13. The number of aromatic nitrogens is 1. The van der Waals surface area contributed by atoms with Crippen LogP contribution in [0.25, 0.3) is 5.52 Å². The Hall–Kier alpha value is -1.48. The van der Waals surface area contributed by atoms with Crippen molar-refractivity contribution in [3.05, 3.63) is 36.2 Å². The lowest BCUT2D eigenvalue weighted by Crippen LogP contribution is -2.12. The molecule has 1 aliphatic rings. The minimum Gasteiger partial charge on any atom is -0.467 e. The average Bonchev–Trinajstić information content (AvgIpc) is 2.65. The first-order valence-corrected chi connectivity index (χ1v) is 4.24. The van der Waals surface area contributed by atoms with Crippen LogP contribution in [-0.2, 0) is 11.3 Å². The van der Waals surface area contributed by atoms with Crippen LogP contribution in [0.2, 0.25) is 0 Å². The third-order valence-corrected chi connectivity index (χ3v) is 2.32. The van der Waals surface area contributed by atoms with E-state index in [1.54, 1.807) is 0 Å². The molecule has 0 aromatic carbocycles. The van der Waals surface area contributed by atoms with Crippen molar-refractivity contribution in [2.45, 2.75) is 6.61 Å². The van der Waals surface area contributed by atoms with Crippen molar-refractivity contribution in [1.82, 2.24) is 4.40 Å². The van der Waals surface area contributed by atoms with Crippen molar-refractivity contribution in [2.75, 3.05) is 6.79 Å². The molecule has 2 aromatic heterocycles. The molecule has 3 heterocycles. The molecule has 0 bridgehead atoms. The quantitative estimate of drug-likeness (QED) is 0.609. The van der Waals surface area contributed by atoms with Crippen LogP contribution in [0, 0.1) is 0 Å². The molecule has 0 saturated carbocycles. The van der Waals surface area contributed by atoms with Gasteiger partial charge in [0.1, 0.15) is 5.75 Å². The summed E-state index contributed by atoms with van der Waals surface area (Å²) in [6.45, 7) is 1.01. The first kappa shape index (κ1) is 6.97. The highest BCUT2D eigenvalue weighted by molar-refractivity contribution is 5.60. The summed E-state index contributed by atoms with van der Waals surface area (Å²) in [5.41, 5.74) is 2.30. The zero-order valence-electron chi connectivity index (χ0n) is 7.06. The number of hydrogen-bond acceptors (Lipinski definition) is 2. The zero-order valence-corrected chi connectivity index (χ0v) is 7.06. The number of rotatable bonds is 0. The van der Waals surface area contributed by atoms with E-state index in [0.717, 1.165) is 16.8 Å². The number of pyridine rings is 1. The normalized spacial score (nSPS) is 15.4. The Morgan fingerprint density at radius 3 is 3.23 bits per heavy atom. The fourth-order valence-electron chi connectivity index (χ4n) is 1.68. The predicted molar refractivity (Wildman–Crippen MR) is 47.7 cm³/mol. The van der Waals surface area contributed by atoms with Gasteiger partial charge in [0.2, 0.25) is 0 Å². The van der Waals surface area contributed by atoms with E-state index in [0.29, 0.717) is 13.4 Å². The molecule has 0 aliphatic carbocycles. The minimum atomic E-state index is 0.365. The second kappa shape index (κ2) is 2.50. The monoisotopic (exact) mass is 175 g/mol. The van der Waals surface area contributed by atoms with Crippen LogP contribution in [0.1, 0.15) is 5.56 Å². The van der Waals surface area contributed by atoms with Gasteiger partial charge in [0.25, 0.3) is 0 Å². The summed E-state index contributed by atoms with van der Waals surface area (Å²) in [5, 5.41) is 0. The van der Waals surface area contributed by atoms with Gasteiger partial charge >= 0.3 is 0 Å². The van der Waals surface area contributed by atoms with Gasteiger partial charge in [-0.2, -0.15) is 0 Å². The third-order valence-electron chi connectivity index (χ3n) is 2.32. The van der Waals surface area contributed by atoms with E-state index in [9.17, 15) is 0 Å². The molecule has 3 rings (SSSR count). The second-order valence-corrected chi connectivity index (χ2v) is 3.07. The standard InChI is InChI=1S/C10H9NO2/c1-2-9-8-6-12-7-13-10(8)3-5-11(9)4-1/h1-5H,6-7H2. The lowest BCUT2D eigenvalue weighted by molar-refractivity contribution is -0.0157. The molecule has 3 heteroatoms. The molecule has 0 unspecified atom stereocenters. The lowest BCUT2D eigenvalue weighted by Gasteiger charge is -2.18. The van der Waals surface area contributed by atoms with E-state index < -0.39 is 0 Å². The molecular weight excluding hydrogens is 166 g/mol. The summed E-state index contributed by atoms with van der Waals surface area (Å²) in [4.78, 5) is 0. The molecule has 2 aromatic rings. The van der Waals surface area contributed by atoms with Crippen molar-refractivity contribution >= 4 is 5.52 Å². The summed E-state index contributed by atoms with van der Waals surface area (Å²) in [7, 11) is 0. The van der Waals surface area contributed by atoms with Crippen LogP contribution in [0.15, 0.2) is 30.6 Å². The number of nitrogens with zero attached hydrogens (tertiary/aromatic N) is 1. The number of hydrogen-bond donors (Lipinski definition) is 0. The molecule has 0 fully saturated rings. The van der Waals surface area contributed by atoms with Crippen molar-refractivity contribution in [3.8, 4) is 5.75 Å². The van der Waals surface area contributed by atoms with Gasteiger partial charge in [-0.25, -0.2) is 0 Å². The fraction of sp³-hybridized carbons (Fsp3) is 0.200. The highest BCUT2D eigenvalue weighted by atomic mass is 16.7. The number of ether oxygens (including phenoxy) is 2. The second-order valence-electron chi connectivity index (χ2n) is 3.07. The van der Waals surface area contributed by atoms with Gasteiger partial charge in [-0.05, 0) is 18.2 Å². The highest BCUT2D eigenvalue weighted by Crippen LogP contribution is 2.27. The van der Waals surface area contributed by atoms with Gasteiger partial charge in [0.15, 0.2) is 6.79 Å². The maximum atomic E-state index is 5.37. The average molecular weight is 175 g/mol. The van der Waals surface area contributed by atoms with Crippen LogP contribution >= 0.6 is 0 Å². The SMILES string of the molecule is c1cc2c3c(ccn2c1)OCOC3. The Morgan fingerprint density at radius 1 is 1.23 bits per heavy atom. The molecule has 0 amide bonds. The molecule has 0 radical (unpaired) electrons. The van der Waals surface area contributed by atoms with Crippen molar-refractivity contribution in [2.24, 2.45) is 0 Å². The minimum absolute atomic E-state index is 0.365. The zero-order chi connectivity index (χ0) is 8.67. The Morgan fingerprint density at radius 2 is 2.23 bits per heavy atom. The van der Waals surface area contributed by atoms with Gasteiger partial charge in [0.05, 0.1) is 12.1 Å². The largest absolute Gasteiger partial charge is 0.467 e. The molecule has 0 N–H and O–H groups in total. The van der Waals surface area contributed by atoms with E-state index >= 15 is 0 Å². The van der Waals surface area contributed by atoms with Crippen LogP contribution in [-0.4, -0.2) is 11.2 Å². The molecule has 3 nitrogen and oxygen atoms in total. The Balaban J connectivity index is 2.34. The van der Waals surface area contributed by atoms with E-state index in [2.05, 4.69) is 10.5 Å². The predicted octanol–water partition coefficient (Wildman–Crippen LogP) is 1.81. The van der Waals surface area contributed by atoms with Crippen LogP contribution in [0.3, 0.4) is 0 Å². The Labute approximate surface area is 75.5 Å². The van der Waals surface area contributed by atoms with Crippen LogP contribution < -0.4 is 4.74 Å². The van der Waals surface area contributed by atoms with Crippen LogP contribution in [0.4, 0.5) is 0 Å². The molecular formula is C10H9NO2. The van der Waals surface area contributed by atoms with E-state index in [-0.39, 0.29) is 0 Å². The first-order valence-electron chi connectivity index (χ1n) is 4.24. The topological polar surface area (TPSA) is 22.9 Å². The van der Waals surface area contributed by atoms with Crippen molar-refractivity contribution in [1.29, 1.82) is 0 Å². The molecule has 66 valence electrons. The third kappa shape index (κ3) is 0.939. The number of fused-ring (bicyclic) bond motifs is 3. The van der Waals surface area contributed by atoms with Gasteiger partial charge in [-0.15, -0.1) is 0 Å². The summed E-state index contributed by atoms with van der Waals surface area (Å²) in [5.74, 6) is 0.942.